The highest BCUT2D eigenvalue weighted by molar-refractivity contribution is 9.10. The van der Waals surface area contributed by atoms with E-state index in [0.29, 0.717) is 6.04 Å². The van der Waals surface area contributed by atoms with Crippen molar-refractivity contribution >= 4 is 32.4 Å². The minimum absolute atomic E-state index is 0.572. The summed E-state index contributed by atoms with van der Waals surface area (Å²) in [6.07, 6.45) is 1.21. The number of hydrogen-bond acceptors (Lipinski definition) is 2. The van der Waals surface area contributed by atoms with Gasteiger partial charge >= 0.3 is 0 Å². The predicted octanol–water partition coefficient (Wildman–Crippen LogP) is 3.38. The molecular formula is C14H15BrN2. The highest BCUT2D eigenvalue weighted by Crippen LogP contribution is 2.23. The Bertz CT molecular complexity index is 533. The first-order valence-electron chi connectivity index (χ1n) is 5.98. The maximum atomic E-state index is 3.57. The normalized spacial score (nSPS) is 19.7. The molecule has 0 spiro atoms. The summed E-state index contributed by atoms with van der Waals surface area (Å²) in [6, 6.07) is 13.5. The number of hydrogen-bond donors (Lipinski definition) is 2. The van der Waals surface area contributed by atoms with Crippen molar-refractivity contribution in [3.8, 4) is 0 Å². The molecule has 2 nitrogen and oxygen atoms in total. The largest absolute Gasteiger partial charge is 0.381 e. The van der Waals surface area contributed by atoms with Crippen LogP contribution in [0.3, 0.4) is 0 Å². The zero-order chi connectivity index (χ0) is 11.7. The van der Waals surface area contributed by atoms with Crippen LogP contribution in [0, 0.1) is 0 Å². The Morgan fingerprint density at radius 1 is 1.12 bits per heavy atom. The van der Waals surface area contributed by atoms with Crippen molar-refractivity contribution in [2.75, 3.05) is 18.4 Å². The van der Waals surface area contributed by atoms with E-state index in [9.17, 15) is 0 Å². The van der Waals surface area contributed by atoms with Gasteiger partial charge in [-0.15, -0.1) is 0 Å². The van der Waals surface area contributed by atoms with E-state index < -0.39 is 0 Å². The molecule has 0 radical (unpaired) electrons. The molecule has 1 atom stereocenters. The van der Waals surface area contributed by atoms with Gasteiger partial charge in [-0.05, 0) is 48.0 Å². The minimum atomic E-state index is 0.572. The maximum absolute atomic E-state index is 3.57. The van der Waals surface area contributed by atoms with Crippen molar-refractivity contribution in [1.82, 2.24) is 5.32 Å². The molecule has 3 heteroatoms. The van der Waals surface area contributed by atoms with E-state index in [1.165, 1.54) is 22.9 Å². The number of fused-ring (bicyclic) bond motifs is 1. The zero-order valence-electron chi connectivity index (χ0n) is 9.54. The SMILES string of the molecule is Brc1ccc2cc(NC3CCNC3)ccc2c1. The Balaban J connectivity index is 1.88. The second-order valence-corrected chi connectivity index (χ2v) is 5.46. The number of benzene rings is 2. The maximum Gasteiger partial charge on any atom is 0.0398 e. The van der Waals surface area contributed by atoms with Gasteiger partial charge in [0.05, 0.1) is 0 Å². The summed E-state index contributed by atoms with van der Waals surface area (Å²) >= 11 is 3.50. The van der Waals surface area contributed by atoms with E-state index in [2.05, 4.69) is 63.0 Å². The number of halogens is 1. The number of nitrogens with one attached hydrogen (secondary N) is 2. The van der Waals surface area contributed by atoms with Crippen LogP contribution in [0.25, 0.3) is 10.8 Å². The molecule has 0 amide bonds. The lowest BCUT2D eigenvalue weighted by molar-refractivity contribution is 0.793. The van der Waals surface area contributed by atoms with E-state index in [0.717, 1.165) is 17.6 Å². The Hall–Kier alpha value is -1.06. The molecule has 1 aliphatic heterocycles. The van der Waals surface area contributed by atoms with Crippen LogP contribution in [0.15, 0.2) is 40.9 Å². The Morgan fingerprint density at radius 2 is 1.94 bits per heavy atom. The van der Waals surface area contributed by atoms with Crippen molar-refractivity contribution in [3.05, 3.63) is 40.9 Å². The van der Waals surface area contributed by atoms with Gasteiger partial charge in [0, 0.05) is 22.7 Å². The fourth-order valence-corrected chi connectivity index (χ4v) is 2.70. The standard InChI is InChI=1S/C14H15BrN2/c15-12-3-1-11-8-13(4-2-10(11)7-12)17-14-5-6-16-9-14/h1-4,7-8,14,16-17H,5-6,9H2. The van der Waals surface area contributed by atoms with Crippen LogP contribution in [0.5, 0.6) is 0 Å². The van der Waals surface area contributed by atoms with Crippen molar-refractivity contribution in [1.29, 1.82) is 0 Å². The summed E-state index contributed by atoms with van der Waals surface area (Å²) in [5, 5.41) is 9.50. The van der Waals surface area contributed by atoms with Crippen LogP contribution < -0.4 is 10.6 Å². The molecule has 1 fully saturated rings. The fraction of sp³-hybridized carbons (Fsp3) is 0.286. The molecule has 1 unspecified atom stereocenters. The van der Waals surface area contributed by atoms with E-state index in [-0.39, 0.29) is 0 Å². The van der Waals surface area contributed by atoms with Crippen LogP contribution in [-0.4, -0.2) is 19.1 Å². The van der Waals surface area contributed by atoms with Crippen LogP contribution in [0.1, 0.15) is 6.42 Å². The van der Waals surface area contributed by atoms with Crippen molar-refractivity contribution in [3.63, 3.8) is 0 Å². The predicted molar refractivity (Wildman–Crippen MR) is 76.5 cm³/mol. The Kier molecular flexibility index (Phi) is 3.04. The lowest BCUT2D eigenvalue weighted by Crippen LogP contribution is -2.21. The second-order valence-electron chi connectivity index (χ2n) is 4.54. The van der Waals surface area contributed by atoms with Crippen molar-refractivity contribution < 1.29 is 0 Å². The van der Waals surface area contributed by atoms with E-state index in [4.69, 9.17) is 0 Å². The molecule has 1 heterocycles. The van der Waals surface area contributed by atoms with Crippen LogP contribution in [0.4, 0.5) is 5.69 Å². The lowest BCUT2D eigenvalue weighted by Gasteiger charge is -2.13. The van der Waals surface area contributed by atoms with Gasteiger partial charge in [-0.1, -0.05) is 28.1 Å². The first kappa shape index (κ1) is 11.1. The molecule has 0 aromatic heterocycles. The number of rotatable bonds is 2. The summed E-state index contributed by atoms with van der Waals surface area (Å²) < 4.78 is 1.13. The van der Waals surface area contributed by atoms with Gasteiger partial charge in [0.1, 0.15) is 0 Å². The average Bonchev–Trinajstić information content (AvgIpc) is 2.82. The minimum Gasteiger partial charge on any atom is -0.381 e. The lowest BCUT2D eigenvalue weighted by atomic mass is 10.1. The summed E-state index contributed by atoms with van der Waals surface area (Å²) in [6.45, 7) is 2.19. The molecule has 0 aliphatic carbocycles. The summed E-state index contributed by atoms with van der Waals surface area (Å²) in [7, 11) is 0. The molecule has 1 saturated heterocycles. The van der Waals surface area contributed by atoms with Gasteiger partial charge in [-0.3, -0.25) is 0 Å². The smallest absolute Gasteiger partial charge is 0.0398 e. The van der Waals surface area contributed by atoms with E-state index in [1.54, 1.807) is 0 Å². The van der Waals surface area contributed by atoms with Gasteiger partial charge < -0.3 is 10.6 Å². The first-order valence-corrected chi connectivity index (χ1v) is 6.77. The Morgan fingerprint density at radius 3 is 2.76 bits per heavy atom. The fourth-order valence-electron chi connectivity index (χ4n) is 2.32. The van der Waals surface area contributed by atoms with E-state index in [1.807, 2.05) is 0 Å². The van der Waals surface area contributed by atoms with Gasteiger partial charge in [0.2, 0.25) is 0 Å². The Labute approximate surface area is 110 Å². The van der Waals surface area contributed by atoms with Crippen LogP contribution >= 0.6 is 15.9 Å². The van der Waals surface area contributed by atoms with Crippen LogP contribution in [-0.2, 0) is 0 Å². The highest BCUT2D eigenvalue weighted by atomic mass is 79.9. The molecule has 3 rings (SSSR count). The third kappa shape index (κ3) is 2.45. The zero-order valence-corrected chi connectivity index (χ0v) is 11.1. The van der Waals surface area contributed by atoms with Crippen molar-refractivity contribution in [2.24, 2.45) is 0 Å². The molecule has 1 aliphatic rings. The monoisotopic (exact) mass is 290 g/mol. The molecule has 2 N–H and O–H groups in total. The first-order chi connectivity index (χ1) is 8.31. The molecule has 0 saturated carbocycles. The highest BCUT2D eigenvalue weighted by Gasteiger charge is 2.13. The van der Waals surface area contributed by atoms with Gasteiger partial charge in [0.25, 0.3) is 0 Å². The topological polar surface area (TPSA) is 24.1 Å². The van der Waals surface area contributed by atoms with Crippen molar-refractivity contribution in [2.45, 2.75) is 12.5 Å². The molecule has 88 valence electrons. The third-order valence-corrected chi connectivity index (χ3v) is 3.73. The summed E-state index contributed by atoms with van der Waals surface area (Å²) in [5.41, 5.74) is 1.22. The van der Waals surface area contributed by atoms with Gasteiger partial charge in [0.15, 0.2) is 0 Å². The quantitative estimate of drug-likeness (QED) is 0.886. The summed E-state index contributed by atoms with van der Waals surface area (Å²) in [4.78, 5) is 0. The van der Waals surface area contributed by atoms with Crippen LogP contribution in [0.2, 0.25) is 0 Å². The third-order valence-electron chi connectivity index (χ3n) is 3.23. The average molecular weight is 291 g/mol. The van der Waals surface area contributed by atoms with E-state index >= 15 is 0 Å². The summed E-state index contributed by atoms with van der Waals surface area (Å²) in [5.74, 6) is 0. The second kappa shape index (κ2) is 4.67. The molecule has 0 bridgehead atoms. The number of anilines is 1. The van der Waals surface area contributed by atoms with Gasteiger partial charge in [-0.25, -0.2) is 0 Å². The molecule has 17 heavy (non-hydrogen) atoms. The van der Waals surface area contributed by atoms with Gasteiger partial charge in [-0.2, -0.15) is 0 Å². The molecular weight excluding hydrogens is 276 g/mol. The molecule has 2 aromatic rings. The molecule has 2 aromatic carbocycles.